The molecule has 0 saturated heterocycles. The van der Waals surface area contributed by atoms with Gasteiger partial charge < -0.3 is 5.32 Å². The molecule has 3 heteroatoms. The van der Waals surface area contributed by atoms with Crippen molar-refractivity contribution in [3.05, 3.63) is 33.8 Å². The van der Waals surface area contributed by atoms with Crippen molar-refractivity contribution < 1.29 is 0 Å². The van der Waals surface area contributed by atoms with E-state index in [4.69, 9.17) is 23.2 Å². The van der Waals surface area contributed by atoms with Crippen LogP contribution in [0.25, 0.3) is 0 Å². The van der Waals surface area contributed by atoms with Gasteiger partial charge in [-0.05, 0) is 43.4 Å². The van der Waals surface area contributed by atoms with Crippen LogP contribution in [0.15, 0.2) is 18.2 Å². The summed E-state index contributed by atoms with van der Waals surface area (Å²) in [6.07, 6.45) is 6.72. The smallest absolute Gasteiger partial charge is 0.0595 e. The fourth-order valence-electron chi connectivity index (χ4n) is 2.94. The molecule has 1 N–H and O–H groups in total. The van der Waals surface area contributed by atoms with Gasteiger partial charge in [0.1, 0.15) is 0 Å². The van der Waals surface area contributed by atoms with Gasteiger partial charge in [0.05, 0.1) is 10.0 Å². The van der Waals surface area contributed by atoms with Crippen molar-refractivity contribution in [1.82, 2.24) is 5.32 Å². The lowest BCUT2D eigenvalue weighted by Crippen LogP contribution is -2.36. The monoisotopic (exact) mass is 299 g/mol. The van der Waals surface area contributed by atoms with E-state index in [1.165, 1.54) is 37.7 Å². The third-order valence-electron chi connectivity index (χ3n) is 4.27. The third-order valence-corrected chi connectivity index (χ3v) is 5.01. The van der Waals surface area contributed by atoms with Gasteiger partial charge in [0.15, 0.2) is 0 Å². The summed E-state index contributed by atoms with van der Waals surface area (Å²) >= 11 is 12.1. The molecule has 1 aliphatic rings. The molecule has 0 aromatic heterocycles. The molecule has 0 bridgehead atoms. The minimum Gasteiger partial charge on any atom is -0.307 e. The first-order chi connectivity index (χ1) is 9.08. The van der Waals surface area contributed by atoms with Gasteiger partial charge in [-0.3, -0.25) is 0 Å². The quantitative estimate of drug-likeness (QED) is 0.715. The minimum atomic E-state index is 0.320. The van der Waals surface area contributed by atoms with E-state index in [1.807, 2.05) is 12.1 Å². The van der Waals surface area contributed by atoms with Crippen LogP contribution in [-0.2, 0) is 0 Å². The number of hydrogen-bond acceptors (Lipinski definition) is 1. The Morgan fingerprint density at radius 2 is 1.84 bits per heavy atom. The summed E-state index contributed by atoms with van der Waals surface area (Å²) in [6, 6.07) is 6.86. The first kappa shape index (κ1) is 15.2. The second-order valence-corrected chi connectivity index (χ2v) is 6.60. The number of hydrogen-bond donors (Lipinski definition) is 1. The van der Waals surface area contributed by atoms with Crippen molar-refractivity contribution >= 4 is 23.2 Å². The maximum Gasteiger partial charge on any atom is 0.0595 e. The molecule has 106 valence electrons. The predicted octanol–water partition coefficient (Wildman–Crippen LogP) is 5.61. The van der Waals surface area contributed by atoms with Gasteiger partial charge in [0.2, 0.25) is 0 Å². The Bertz CT molecular complexity index is 419. The van der Waals surface area contributed by atoms with E-state index in [2.05, 4.69) is 25.2 Å². The predicted molar refractivity (Wildman–Crippen MR) is 84.0 cm³/mol. The van der Waals surface area contributed by atoms with Gasteiger partial charge >= 0.3 is 0 Å². The standard InChI is InChI=1S/C16H23Cl2N/c1-11-6-4-3-5-7-16(11)19-12(2)13-8-9-14(17)15(18)10-13/h8-12,16,19H,3-7H2,1-2H3. The van der Waals surface area contributed by atoms with Gasteiger partial charge in [0, 0.05) is 12.1 Å². The summed E-state index contributed by atoms with van der Waals surface area (Å²) in [5, 5.41) is 5.04. The molecule has 1 aromatic carbocycles. The molecule has 0 aliphatic heterocycles. The Labute approximate surface area is 126 Å². The van der Waals surface area contributed by atoms with Crippen molar-refractivity contribution in [2.24, 2.45) is 5.92 Å². The lowest BCUT2D eigenvalue weighted by Gasteiger charge is -2.27. The van der Waals surface area contributed by atoms with Crippen LogP contribution in [0, 0.1) is 5.92 Å². The zero-order chi connectivity index (χ0) is 13.8. The van der Waals surface area contributed by atoms with Crippen LogP contribution in [0.2, 0.25) is 10.0 Å². The first-order valence-electron chi connectivity index (χ1n) is 7.29. The molecule has 3 atom stereocenters. The van der Waals surface area contributed by atoms with Crippen LogP contribution in [0.5, 0.6) is 0 Å². The molecule has 3 unspecified atom stereocenters. The molecule has 1 aromatic rings. The zero-order valence-corrected chi connectivity index (χ0v) is 13.3. The normalized spacial score (nSPS) is 25.9. The summed E-state index contributed by atoms with van der Waals surface area (Å²) in [5.41, 5.74) is 1.21. The molecular weight excluding hydrogens is 277 g/mol. The van der Waals surface area contributed by atoms with E-state index in [-0.39, 0.29) is 0 Å². The molecule has 1 nitrogen and oxygen atoms in total. The molecule has 0 heterocycles. The Morgan fingerprint density at radius 3 is 2.58 bits per heavy atom. The van der Waals surface area contributed by atoms with E-state index in [0.29, 0.717) is 22.1 Å². The lowest BCUT2D eigenvalue weighted by atomic mass is 9.95. The van der Waals surface area contributed by atoms with E-state index >= 15 is 0 Å². The van der Waals surface area contributed by atoms with E-state index in [0.717, 1.165) is 5.92 Å². The highest BCUT2D eigenvalue weighted by Gasteiger charge is 2.21. The molecule has 1 fully saturated rings. The van der Waals surface area contributed by atoms with Crippen molar-refractivity contribution in [2.45, 2.75) is 58.0 Å². The SMILES string of the molecule is CC(NC1CCCCCC1C)c1ccc(Cl)c(Cl)c1. The molecule has 19 heavy (non-hydrogen) atoms. The van der Waals surface area contributed by atoms with E-state index < -0.39 is 0 Å². The van der Waals surface area contributed by atoms with Gasteiger partial charge in [-0.1, -0.05) is 55.5 Å². The molecule has 2 rings (SSSR count). The summed E-state index contributed by atoms with van der Waals surface area (Å²) in [4.78, 5) is 0. The Morgan fingerprint density at radius 1 is 1.11 bits per heavy atom. The van der Waals surface area contributed by atoms with Crippen LogP contribution in [0.3, 0.4) is 0 Å². The van der Waals surface area contributed by atoms with Crippen LogP contribution in [-0.4, -0.2) is 6.04 Å². The zero-order valence-electron chi connectivity index (χ0n) is 11.8. The fourth-order valence-corrected chi connectivity index (χ4v) is 3.25. The van der Waals surface area contributed by atoms with Crippen LogP contribution < -0.4 is 5.32 Å². The molecule has 0 radical (unpaired) electrons. The molecule has 0 spiro atoms. The molecule has 0 amide bonds. The number of halogens is 2. The molecule has 1 saturated carbocycles. The van der Waals surface area contributed by atoms with Gasteiger partial charge in [-0.25, -0.2) is 0 Å². The lowest BCUT2D eigenvalue weighted by molar-refractivity contribution is 0.330. The third kappa shape index (κ3) is 4.11. The van der Waals surface area contributed by atoms with Crippen molar-refractivity contribution in [3.63, 3.8) is 0 Å². The van der Waals surface area contributed by atoms with Crippen LogP contribution >= 0.6 is 23.2 Å². The average molecular weight is 300 g/mol. The Hall–Kier alpha value is -0.240. The molecular formula is C16H23Cl2N. The van der Waals surface area contributed by atoms with Crippen molar-refractivity contribution in [1.29, 1.82) is 0 Å². The fraction of sp³-hybridized carbons (Fsp3) is 0.625. The largest absolute Gasteiger partial charge is 0.307 e. The highest BCUT2D eigenvalue weighted by Crippen LogP contribution is 2.28. The number of rotatable bonds is 3. The number of benzene rings is 1. The summed E-state index contributed by atoms with van der Waals surface area (Å²) in [7, 11) is 0. The summed E-state index contributed by atoms with van der Waals surface area (Å²) in [5.74, 6) is 0.757. The van der Waals surface area contributed by atoms with Crippen molar-refractivity contribution in [3.8, 4) is 0 Å². The second-order valence-electron chi connectivity index (χ2n) is 5.78. The molecule has 1 aliphatic carbocycles. The van der Waals surface area contributed by atoms with Crippen LogP contribution in [0.1, 0.15) is 57.6 Å². The topological polar surface area (TPSA) is 12.0 Å². The minimum absolute atomic E-state index is 0.320. The van der Waals surface area contributed by atoms with Gasteiger partial charge in [0.25, 0.3) is 0 Å². The van der Waals surface area contributed by atoms with Crippen molar-refractivity contribution in [2.75, 3.05) is 0 Å². The van der Waals surface area contributed by atoms with Crippen LogP contribution in [0.4, 0.5) is 0 Å². The van der Waals surface area contributed by atoms with E-state index in [1.54, 1.807) is 0 Å². The highest BCUT2D eigenvalue weighted by atomic mass is 35.5. The second kappa shape index (κ2) is 6.97. The number of nitrogens with one attached hydrogen (secondary N) is 1. The highest BCUT2D eigenvalue weighted by molar-refractivity contribution is 6.42. The Balaban J connectivity index is 2.02. The Kier molecular flexibility index (Phi) is 5.56. The maximum atomic E-state index is 6.10. The maximum absolute atomic E-state index is 6.10. The van der Waals surface area contributed by atoms with Gasteiger partial charge in [-0.2, -0.15) is 0 Å². The summed E-state index contributed by atoms with van der Waals surface area (Å²) in [6.45, 7) is 4.57. The van der Waals surface area contributed by atoms with E-state index in [9.17, 15) is 0 Å². The summed E-state index contributed by atoms with van der Waals surface area (Å²) < 4.78 is 0. The average Bonchev–Trinajstić information content (AvgIpc) is 2.58. The van der Waals surface area contributed by atoms with Gasteiger partial charge in [-0.15, -0.1) is 0 Å². The first-order valence-corrected chi connectivity index (χ1v) is 8.04.